The molecule has 0 aliphatic heterocycles. The number of halogens is 3. The number of aryl methyl sites for hydroxylation is 1. The van der Waals surface area contributed by atoms with Gasteiger partial charge in [-0.25, -0.2) is 9.78 Å². The van der Waals surface area contributed by atoms with Crippen molar-refractivity contribution in [1.82, 2.24) is 4.98 Å². The van der Waals surface area contributed by atoms with Gasteiger partial charge in [-0.3, -0.25) is 10.1 Å². The van der Waals surface area contributed by atoms with Gasteiger partial charge < -0.3 is 5.11 Å². The van der Waals surface area contributed by atoms with Gasteiger partial charge in [0.2, 0.25) is 0 Å². The molecule has 0 fully saturated rings. The van der Waals surface area contributed by atoms with Crippen molar-refractivity contribution in [2.75, 3.05) is 5.32 Å². The first-order valence-electron chi connectivity index (χ1n) is 3.80. The summed E-state index contributed by atoms with van der Waals surface area (Å²) in [6.07, 6.45) is -5.02. The molecule has 0 bridgehead atoms. The van der Waals surface area contributed by atoms with Crippen LogP contribution in [0.5, 0.6) is 0 Å². The largest absolute Gasteiger partial charge is 0.477 e. The van der Waals surface area contributed by atoms with E-state index in [4.69, 9.17) is 5.11 Å². The molecule has 0 aromatic carbocycles. The third-order valence-corrected chi connectivity index (χ3v) is 2.53. The van der Waals surface area contributed by atoms with Crippen LogP contribution in [0.25, 0.3) is 0 Å². The van der Waals surface area contributed by atoms with E-state index in [0.717, 1.165) is 0 Å². The lowest BCUT2D eigenvalue weighted by Gasteiger charge is -2.03. The number of amides is 1. The standard InChI is InChI=1S/C7H5F3N2O3S/c1-2-3(4(13)14)16-6(11-2)12-5(15)7(8,9)10/h1H3,(H,13,14)(H,11,12,15). The van der Waals surface area contributed by atoms with Crippen molar-refractivity contribution in [2.24, 2.45) is 0 Å². The maximum absolute atomic E-state index is 11.8. The van der Waals surface area contributed by atoms with Gasteiger partial charge in [0.05, 0.1) is 5.69 Å². The van der Waals surface area contributed by atoms with Crippen LogP contribution in [-0.4, -0.2) is 28.1 Å². The fourth-order valence-corrected chi connectivity index (χ4v) is 1.62. The van der Waals surface area contributed by atoms with Crippen molar-refractivity contribution >= 4 is 28.3 Å². The van der Waals surface area contributed by atoms with Gasteiger partial charge in [0.25, 0.3) is 0 Å². The third kappa shape index (κ3) is 2.69. The van der Waals surface area contributed by atoms with Gasteiger partial charge >= 0.3 is 18.1 Å². The lowest BCUT2D eigenvalue weighted by Crippen LogP contribution is -2.29. The number of carbonyl (C=O) groups is 2. The number of hydrogen-bond acceptors (Lipinski definition) is 4. The minimum Gasteiger partial charge on any atom is -0.477 e. The van der Waals surface area contributed by atoms with E-state index in [9.17, 15) is 22.8 Å². The van der Waals surface area contributed by atoms with Crippen LogP contribution in [0.2, 0.25) is 0 Å². The molecule has 0 saturated heterocycles. The van der Waals surface area contributed by atoms with Crippen molar-refractivity contribution < 1.29 is 27.9 Å². The summed E-state index contributed by atoms with van der Waals surface area (Å²) >= 11 is 0.469. The van der Waals surface area contributed by atoms with E-state index in [-0.39, 0.29) is 10.6 Å². The molecular weight excluding hydrogens is 249 g/mol. The molecule has 0 radical (unpaired) electrons. The molecule has 0 aliphatic rings. The predicted octanol–water partition coefficient (Wildman–Crippen LogP) is 1.65. The first-order valence-corrected chi connectivity index (χ1v) is 4.62. The summed E-state index contributed by atoms with van der Waals surface area (Å²) < 4.78 is 35.5. The number of nitrogens with one attached hydrogen (secondary N) is 1. The Morgan fingerprint density at radius 1 is 1.44 bits per heavy atom. The van der Waals surface area contributed by atoms with Crippen molar-refractivity contribution in [3.05, 3.63) is 10.6 Å². The van der Waals surface area contributed by atoms with Crippen LogP contribution in [-0.2, 0) is 4.79 Å². The second kappa shape index (κ2) is 4.08. The zero-order chi connectivity index (χ0) is 12.5. The molecular formula is C7H5F3N2O3S. The molecule has 1 rings (SSSR count). The molecule has 0 unspecified atom stereocenters. The van der Waals surface area contributed by atoms with Crippen molar-refractivity contribution in [1.29, 1.82) is 0 Å². The molecule has 0 saturated carbocycles. The molecule has 2 N–H and O–H groups in total. The van der Waals surface area contributed by atoms with E-state index >= 15 is 0 Å². The predicted molar refractivity (Wildman–Crippen MR) is 48.5 cm³/mol. The number of aromatic nitrogens is 1. The number of aromatic carboxylic acids is 1. The summed E-state index contributed by atoms with van der Waals surface area (Å²) in [5, 5.41) is 9.70. The normalized spacial score (nSPS) is 11.2. The van der Waals surface area contributed by atoms with Crippen LogP contribution in [0.15, 0.2) is 0 Å². The number of carboxylic acids is 1. The van der Waals surface area contributed by atoms with Crippen LogP contribution in [0.3, 0.4) is 0 Å². The molecule has 1 heterocycles. The van der Waals surface area contributed by atoms with Crippen molar-refractivity contribution in [3.63, 3.8) is 0 Å². The van der Waals surface area contributed by atoms with Gasteiger partial charge in [0.15, 0.2) is 5.13 Å². The number of hydrogen-bond donors (Lipinski definition) is 2. The van der Waals surface area contributed by atoms with Gasteiger partial charge in [0, 0.05) is 0 Å². The third-order valence-electron chi connectivity index (χ3n) is 1.47. The second-order valence-electron chi connectivity index (χ2n) is 2.69. The Kier molecular flexibility index (Phi) is 3.17. The molecule has 0 aliphatic carbocycles. The number of carbonyl (C=O) groups excluding carboxylic acids is 1. The highest BCUT2D eigenvalue weighted by Gasteiger charge is 2.39. The minimum absolute atomic E-state index is 0.0509. The average Bonchev–Trinajstić information content (AvgIpc) is 2.45. The minimum atomic E-state index is -5.02. The molecule has 0 spiro atoms. The summed E-state index contributed by atoms with van der Waals surface area (Å²) in [6, 6.07) is 0. The first kappa shape index (κ1) is 12.4. The number of alkyl halides is 3. The van der Waals surface area contributed by atoms with Crippen LogP contribution < -0.4 is 5.32 Å². The lowest BCUT2D eigenvalue weighted by atomic mass is 10.4. The fraction of sp³-hybridized carbons (Fsp3) is 0.286. The van der Waals surface area contributed by atoms with Crippen LogP contribution in [0.1, 0.15) is 15.4 Å². The van der Waals surface area contributed by atoms with Crippen molar-refractivity contribution in [3.8, 4) is 0 Å². The Morgan fingerprint density at radius 3 is 2.38 bits per heavy atom. The topological polar surface area (TPSA) is 79.3 Å². The zero-order valence-corrected chi connectivity index (χ0v) is 8.57. The summed E-state index contributed by atoms with van der Waals surface area (Å²) in [5.41, 5.74) is 0.0509. The second-order valence-corrected chi connectivity index (χ2v) is 3.69. The summed E-state index contributed by atoms with van der Waals surface area (Å²) in [7, 11) is 0. The highest BCUT2D eigenvalue weighted by molar-refractivity contribution is 7.17. The van der Waals surface area contributed by atoms with Crippen LogP contribution in [0, 0.1) is 6.92 Å². The Bertz CT molecular complexity index is 441. The Balaban J connectivity index is 2.88. The Hall–Kier alpha value is -1.64. The smallest absolute Gasteiger partial charge is 0.471 e. The highest BCUT2D eigenvalue weighted by Crippen LogP contribution is 2.24. The van der Waals surface area contributed by atoms with Crippen LogP contribution in [0.4, 0.5) is 18.3 Å². The Morgan fingerprint density at radius 2 is 2.00 bits per heavy atom. The summed E-state index contributed by atoms with van der Waals surface area (Å²) in [4.78, 5) is 24.3. The fourth-order valence-electron chi connectivity index (χ4n) is 0.816. The number of anilines is 1. The van der Waals surface area contributed by atoms with Gasteiger partial charge in [-0.15, -0.1) is 0 Å². The van der Waals surface area contributed by atoms with Gasteiger partial charge in [-0.2, -0.15) is 13.2 Å². The quantitative estimate of drug-likeness (QED) is 0.841. The van der Waals surface area contributed by atoms with E-state index in [1.54, 1.807) is 0 Å². The van der Waals surface area contributed by atoms with Gasteiger partial charge in [-0.1, -0.05) is 11.3 Å². The number of carboxylic acid groups (broad SMARTS) is 1. The molecule has 9 heteroatoms. The number of rotatable bonds is 2. The molecule has 5 nitrogen and oxygen atoms in total. The molecule has 16 heavy (non-hydrogen) atoms. The van der Waals surface area contributed by atoms with Gasteiger partial charge in [-0.05, 0) is 6.92 Å². The summed E-state index contributed by atoms with van der Waals surface area (Å²) in [6.45, 7) is 1.32. The molecule has 88 valence electrons. The number of thiazole rings is 1. The highest BCUT2D eigenvalue weighted by atomic mass is 32.1. The van der Waals surface area contributed by atoms with E-state index in [2.05, 4.69) is 4.98 Å². The lowest BCUT2D eigenvalue weighted by molar-refractivity contribution is -0.167. The first-order chi connectivity index (χ1) is 7.21. The Labute approximate surface area is 90.9 Å². The zero-order valence-electron chi connectivity index (χ0n) is 7.75. The maximum Gasteiger partial charge on any atom is 0.471 e. The van der Waals surface area contributed by atoms with E-state index < -0.39 is 23.2 Å². The number of nitrogens with zero attached hydrogens (tertiary/aromatic N) is 1. The van der Waals surface area contributed by atoms with Crippen molar-refractivity contribution in [2.45, 2.75) is 13.1 Å². The van der Waals surface area contributed by atoms with E-state index in [0.29, 0.717) is 11.3 Å². The monoisotopic (exact) mass is 254 g/mol. The molecule has 1 aromatic heterocycles. The van der Waals surface area contributed by atoms with Gasteiger partial charge in [0.1, 0.15) is 4.88 Å². The van der Waals surface area contributed by atoms with E-state index in [1.807, 2.05) is 0 Å². The van der Waals surface area contributed by atoms with Crippen LogP contribution >= 0.6 is 11.3 Å². The molecule has 1 amide bonds. The summed E-state index contributed by atoms with van der Waals surface area (Å²) in [5.74, 6) is -3.49. The average molecular weight is 254 g/mol. The SMILES string of the molecule is Cc1nc(NC(=O)C(F)(F)F)sc1C(=O)O. The maximum atomic E-state index is 11.8. The molecule has 1 aromatic rings. The van der Waals surface area contributed by atoms with E-state index in [1.165, 1.54) is 12.2 Å². The molecule has 0 atom stereocenters.